The maximum Gasteiger partial charge on any atom is 0.136 e. The highest BCUT2D eigenvalue weighted by atomic mass is 16.4. The number of hydrogen-bond donors (Lipinski definition) is 0. The van der Waals surface area contributed by atoms with E-state index in [0.717, 1.165) is 4.90 Å². The maximum atomic E-state index is 10.3. The molecule has 0 unspecified atom stereocenters. The fourth-order valence-electron chi connectivity index (χ4n) is 1.30. The Kier molecular flexibility index (Phi) is 2.52. The Morgan fingerprint density at radius 2 is 1.67 bits per heavy atom. The van der Waals surface area contributed by atoms with Crippen molar-refractivity contribution in [3.8, 4) is 0 Å². The number of carbonyl (C=O) groups is 2. The molecule has 0 bridgehead atoms. The number of aliphatic carboxylic acids is 1. The maximum absolute atomic E-state index is 10.3. The van der Waals surface area contributed by atoms with Gasteiger partial charge in [-0.25, -0.2) is 0 Å². The van der Waals surface area contributed by atoms with Gasteiger partial charge in [-0.3, -0.25) is 0 Å². The molecular formula is C7H9NO4-2. The lowest BCUT2D eigenvalue weighted by Gasteiger charge is -2.33. The summed E-state index contributed by atoms with van der Waals surface area (Å²) in [7, 11) is 0. The summed E-state index contributed by atoms with van der Waals surface area (Å²) in [5, 5.41) is 20.6. The molecule has 1 saturated heterocycles. The lowest BCUT2D eigenvalue weighted by atomic mass is 9.97. The summed E-state index contributed by atoms with van der Waals surface area (Å²) < 4.78 is 0. The van der Waals surface area contributed by atoms with Gasteiger partial charge in [-0.15, -0.1) is 0 Å². The van der Waals surface area contributed by atoms with Crippen molar-refractivity contribution in [2.75, 3.05) is 13.1 Å². The molecule has 0 N–H and O–H groups in total. The Morgan fingerprint density at radius 1 is 1.17 bits per heavy atom. The first kappa shape index (κ1) is 8.83. The standard InChI is InChI=1S/C7H11NO4/c9-6(10)5-1-3-8(4-2-5)7(11)12/h5H,1-4H2,(H,9,10)(H,11,12)/p-2. The second-order valence-corrected chi connectivity index (χ2v) is 2.85. The minimum Gasteiger partial charge on any atom is -0.550 e. The number of amides is 1. The smallest absolute Gasteiger partial charge is 0.136 e. The van der Waals surface area contributed by atoms with Crippen molar-refractivity contribution in [3.05, 3.63) is 0 Å². The zero-order valence-electron chi connectivity index (χ0n) is 6.49. The number of likely N-dealkylation sites (tertiary alicyclic amines) is 1. The number of carbonyl (C=O) groups excluding carboxylic acids is 2. The van der Waals surface area contributed by atoms with Crippen LogP contribution in [0.3, 0.4) is 0 Å². The van der Waals surface area contributed by atoms with Crippen LogP contribution < -0.4 is 10.2 Å². The van der Waals surface area contributed by atoms with E-state index < -0.39 is 18.0 Å². The zero-order valence-corrected chi connectivity index (χ0v) is 6.49. The van der Waals surface area contributed by atoms with Gasteiger partial charge < -0.3 is 24.7 Å². The second kappa shape index (κ2) is 3.42. The van der Waals surface area contributed by atoms with Gasteiger partial charge in [0, 0.05) is 25.0 Å². The minimum atomic E-state index is -1.23. The van der Waals surface area contributed by atoms with Crippen LogP contribution in [-0.2, 0) is 4.79 Å². The van der Waals surface area contributed by atoms with E-state index in [-0.39, 0.29) is 13.1 Å². The third kappa shape index (κ3) is 1.87. The zero-order chi connectivity index (χ0) is 9.14. The molecule has 1 amide bonds. The predicted octanol–water partition coefficient (Wildman–Crippen LogP) is -2.21. The second-order valence-electron chi connectivity index (χ2n) is 2.85. The highest BCUT2D eigenvalue weighted by molar-refractivity contribution is 5.68. The Bertz CT molecular complexity index is 174. The minimum absolute atomic E-state index is 0.237. The van der Waals surface area contributed by atoms with Crippen LogP contribution >= 0.6 is 0 Å². The van der Waals surface area contributed by atoms with Crippen molar-refractivity contribution >= 4 is 12.1 Å². The van der Waals surface area contributed by atoms with Gasteiger partial charge in [0.15, 0.2) is 0 Å². The molecule has 0 aromatic rings. The van der Waals surface area contributed by atoms with Gasteiger partial charge in [-0.2, -0.15) is 0 Å². The number of piperidine rings is 1. The van der Waals surface area contributed by atoms with Gasteiger partial charge in [-0.05, 0) is 12.8 Å². The SMILES string of the molecule is O=C([O-])C1CCN(C(=O)[O-])CC1. The van der Waals surface area contributed by atoms with Gasteiger partial charge in [-0.1, -0.05) is 0 Å². The van der Waals surface area contributed by atoms with E-state index in [1.807, 2.05) is 0 Å². The molecule has 0 radical (unpaired) electrons. The van der Waals surface area contributed by atoms with E-state index in [0.29, 0.717) is 12.8 Å². The average molecular weight is 171 g/mol. The normalized spacial score (nSPS) is 19.2. The summed E-state index contributed by atoms with van der Waals surface area (Å²) in [6.45, 7) is 0.474. The van der Waals surface area contributed by atoms with Crippen molar-refractivity contribution in [2.24, 2.45) is 5.92 Å². The summed E-state index contributed by atoms with van der Waals surface area (Å²) >= 11 is 0. The highest BCUT2D eigenvalue weighted by Crippen LogP contribution is 2.15. The average Bonchev–Trinajstić information content (AvgIpc) is 2.04. The molecule has 5 heteroatoms. The van der Waals surface area contributed by atoms with E-state index in [1.165, 1.54) is 0 Å². The van der Waals surface area contributed by atoms with Gasteiger partial charge in [0.2, 0.25) is 0 Å². The van der Waals surface area contributed by atoms with E-state index in [2.05, 4.69) is 0 Å². The number of carboxylic acids is 1. The molecule has 0 aliphatic carbocycles. The van der Waals surface area contributed by atoms with Crippen LogP contribution in [0, 0.1) is 5.92 Å². The van der Waals surface area contributed by atoms with Crippen LogP contribution in [-0.4, -0.2) is 30.1 Å². The van der Waals surface area contributed by atoms with E-state index in [9.17, 15) is 19.8 Å². The monoisotopic (exact) mass is 171 g/mol. The first-order valence-electron chi connectivity index (χ1n) is 3.78. The van der Waals surface area contributed by atoms with Gasteiger partial charge in [0.25, 0.3) is 0 Å². The summed E-state index contributed by atoms with van der Waals surface area (Å²) in [6.07, 6.45) is -0.570. The molecule has 0 atom stereocenters. The molecule has 0 aromatic heterocycles. The Morgan fingerprint density at radius 3 is 2.00 bits per heavy atom. The fourth-order valence-corrected chi connectivity index (χ4v) is 1.30. The molecule has 1 aliphatic rings. The molecule has 68 valence electrons. The van der Waals surface area contributed by atoms with Crippen molar-refractivity contribution in [2.45, 2.75) is 12.8 Å². The number of hydrogen-bond acceptors (Lipinski definition) is 4. The van der Waals surface area contributed by atoms with Crippen LogP contribution in [0.5, 0.6) is 0 Å². The largest absolute Gasteiger partial charge is 0.550 e. The van der Waals surface area contributed by atoms with Gasteiger partial charge in [0.05, 0.1) is 0 Å². The molecule has 0 aromatic carbocycles. The quantitative estimate of drug-likeness (QED) is 0.448. The topological polar surface area (TPSA) is 83.5 Å². The van der Waals surface area contributed by atoms with E-state index in [4.69, 9.17) is 0 Å². The van der Waals surface area contributed by atoms with Crippen LogP contribution in [0.2, 0.25) is 0 Å². The van der Waals surface area contributed by atoms with Crippen LogP contribution in [0.1, 0.15) is 12.8 Å². The molecule has 0 spiro atoms. The highest BCUT2D eigenvalue weighted by Gasteiger charge is 2.19. The predicted molar refractivity (Wildman–Crippen MR) is 34.7 cm³/mol. The van der Waals surface area contributed by atoms with Gasteiger partial charge >= 0.3 is 0 Å². The summed E-state index contributed by atoms with van der Waals surface area (Å²) in [6, 6.07) is 0. The van der Waals surface area contributed by atoms with Crippen LogP contribution in [0.25, 0.3) is 0 Å². The first-order valence-corrected chi connectivity index (χ1v) is 3.78. The molecule has 0 saturated carbocycles. The van der Waals surface area contributed by atoms with Crippen molar-refractivity contribution in [1.82, 2.24) is 4.90 Å². The third-order valence-corrected chi connectivity index (χ3v) is 2.09. The molecule has 1 aliphatic heterocycles. The number of nitrogens with zero attached hydrogens (tertiary/aromatic N) is 1. The van der Waals surface area contributed by atoms with Crippen molar-refractivity contribution < 1.29 is 19.8 Å². The Hall–Kier alpha value is -1.26. The number of rotatable bonds is 1. The van der Waals surface area contributed by atoms with Gasteiger partial charge in [0.1, 0.15) is 6.09 Å². The lowest BCUT2D eigenvalue weighted by molar-refractivity contribution is -0.313. The lowest BCUT2D eigenvalue weighted by Crippen LogP contribution is -2.48. The van der Waals surface area contributed by atoms with E-state index in [1.54, 1.807) is 0 Å². The van der Waals surface area contributed by atoms with Crippen LogP contribution in [0.4, 0.5) is 4.79 Å². The third-order valence-electron chi connectivity index (χ3n) is 2.09. The molecular weight excluding hydrogens is 162 g/mol. The summed E-state index contributed by atoms with van der Waals surface area (Å²) in [5.74, 6) is -1.59. The molecule has 12 heavy (non-hydrogen) atoms. The van der Waals surface area contributed by atoms with Crippen molar-refractivity contribution in [1.29, 1.82) is 0 Å². The molecule has 1 fully saturated rings. The summed E-state index contributed by atoms with van der Waals surface area (Å²) in [5.41, 5.74) is 0. The van der Waals surface area contributed by atoms with E-state index >= 15 is 0 Å². The summed E-state index contributed by atoms with van der Waals surface area (Å²) in [4.78, 5) is 21.7. The fraction of sp³-hybridized carbons (Fsp3) is 0.714. The molecule has 1 heterocycles. The molecule has 5 nitrogen and oxygen atoms in total. The Balaban J connectivity index is 2.39. The van der Waals surface area contributed by atoms with Crippen LogP contribution in [0.15, 0.2) is 0 Å². The number of carboxylic acid groups (broad SMARTS) is 2. The first-order chi connectivity index (χ1) is 5.61. The Labute approximate surface area is 69.6 Å². The van der Waals surface area contributed by atoms with Crippen molar-refractivity contribution in [3.63, 3.8) is 0 Å². The molecule has 1 rings (SSSR count).